The summed E-state index contributed by atoms with van der Waals surface area (Å²) in [6.07, 6.45) is 4.63. The number of ether oxygens (including phenoxy) is 1. The fourth-order valence-corrected chi connectivity index (χ4v) is 1.69. The van der Waals surface area contributed by atoms with Crippen LogP contribution in [0.25, 0.3) is 0 Å². The molecule has 0 spiro atoms. The number of rotatable bonds is 12. The molecule has 0 radical (unpaired) electrons. The van der Waals surface area contributed by atoms with Gasteiger partial charge in [-0.15, -0.1) is 0 Å². The molecule has 6 nitrogen and oxygen atoms in total. The standard InChI is InChI=1S/C16H34N4O2/c1-5-7-12-22-13-8-10-18-16(17-4)19-11-9-15(21)20-14(3)6-2/h14H,5-13H2,1-4H3,(H,20,21)(H2,17,18,19). The van der Waals surface area contributed by atoms with Gasteiger partial charge in [-0.05, 0) is 26.2 Å². The Balaban J connectivity index is 3.61. The highest BCUT2D eigenvalue weighted by atomic mass is 16.5. The summed E-state index contributed by atoms with van der Waals surface area (Å²) >= 11 is 0. The fraction of sp³-hybridized carbons (Fsp3) is 0.875. The molecule has 0 aromatic heterocycles. The van der Waals surface area contributed by atoms with Crippen LogP contribution in [0, 0.1) is 0 Å². The molecule has 0 saturated heterocycles. The molecule has 130 valence electrons. The molecule has 1 unspecified atom stereocenters. The zero-order valence-corrected chi connectivity index (χ0v) is 14.7. The molecule has 22 heavy (non-hydrogen) atoms. The topological polar surface area (TPSA) is 74.8 Å². The van der Waals surface area contributed by atoms with E-state index >= 15 is 0 Å². The van der Waals surface area contributed by atoms with Crippen LogP contribution in [0.3, 0.4) is 0 Å². The Labute approximate surface area is 135 Å². The summed E-state index contributed by atoms with van der Waals surface area (Å²) in [5, 5.41) is 9.30. The van der Waals surface area contributed by atoms with Gasteiger partial charge in [-0.3, -0.25) is 9.79 Å². The Morgan fingerprint density at radius 3 is 2.45 bits per heavy atom. The van der Waals surface area contributed by atoms with Crippen LogP contribution in [0.4, 0.5) is 0 Å². The molecular weight excluding hydrogens is 280 g/mol. The number of hydrogen-bond donors (Lipinski definition) is 3. The Kier molecular flexibility index (Phi) is 13.8. The minimum Gasteiger partial charge on any atom is -0.381 e. The minimum atomic E-state index is 0.0710. The average Bonchev–Trinajstić information content (AvgIpc) is 2.52. The lowest BCUT2D eigenvalue weighted by Gasteiger charge is -2.13. The van der Waals surface area contributed by atoms with Crippen molar-refractivity contribution in [1.82, 2.24) is 16.0 Å². The second kappa shape index (κ2) is 14.6. The summed E-state index contributed by atoms with van der Waals surface area (Å²) in [5.74, 6) is 0.798. The predicted molar refractivity (Wildman–Crippen MR) is 92.2 cm³/mol. The first-order chi connectivity index (χ1) is 10.6. The van der Waals surface area contributed by atoms with E-state index < -0.39 is 0 Å². The number of unbranched alkanes of at least 4 members (excludes halogenated alkanes) is 1. The predicted octanol–water partition coefficient (Wildman–Crippen LogP) is 1.66. The summed E-state index contributed by atoms with van der Waals surface area (Å²) in [4.78, 5) is 15.8. The van der Waals surface area contributed by atoms with Crippen molar-refractivity contribution in [2.24, 2.45) is 4.99 Å². The van der Waals surface area contributed by atoms with Gasteiger partial charge in [0.15, 0.2) is 5.96 Å². The van der Waals surface area contributed by atoms with Gasteiger partial charge in [-0.25, -0.2) is 0 Å². The Morgan fingerprint density at radius 1 is 1.14 bits per heavy atom. The molecule has 0 aromatic carbocycles. The average molecular weight is 314 g/mol. The highest BCUT2D eigenvalue weighted by Gasteiger charge is 2.05. The number of aliphatic imine (C=N–C) groups is 1. The molecule has 1 amide bonds. The van der Waals surface area contributed by atoms with E-state index in [1.807, 2.05) is 6.92 Å². The van der Waals surface area contributed by atoms with E-state index in [1.165, 1.54) is 6.42 Å². The molecule has 0 aliphatic rings. The Morgan fingerprint density at radius 2 is 1.82 bits per heavy atom. The maximum absolute atomic E-state index is 11.6. The van der Waals surface area contributed by atoms with Crippen LogP contribution in [-0.2, 0) is 9.53 Å². The highest BCUT2D eigenvalue weighted by Crippen LogP contribution is 1.90. The van der Waals surface area contributed by atoms with Crippen molar-refractivity contribution >= 4 is 11.9 Å². The molecule has 0 aliphatic heterocycles. The van der Waals surface area contributed by atoms with E-state index in [1.54, 1.807) is 7.05 Å². The second-order valence-electron chi connectivity index (χ2n) is 5.37. The number of carbonyl (C=O) groups excluding carboxylic acids is 1. The maximum atomic E-state index is 11.6. The van der Waals surface area contributed by atoms with Crippen molar-refractivity contribution in [3.05, 3.63) is 0 Å². The SMILES string of the molecule is CCCCOCCCNC(=NC)NCCC(=O)NC(C)CC. The van der Waals surface area contributed by atoms with Crippen LogP contribution in [0.2, 0.25) is 0 Å². The monoisotopic (exact) mass is 314 g/mol. The second-order valence-corrected chi connectivity index (χ2v) is 5.37. The summed E-state index contributed by atoms with van der Waals surface area (Å²) < 4.78 is 5.50. The van der Waals surface area contributed by atoms with Gasteiger partial charge in [0, 0.05) is 45.8 Å². The fourth-order valence-electron chi connectivity index (χ4n) is 1.69. The molecule has 0 fully saturated rings. The van der Waals surface area contributed by atoms with E-state index in [4.69, 9.17) is 4.74 Å². The smallest absolute Gasteiger partial charge is 0.221 e. The van der Waals surface area contributed by atoms with Crippen molar-refractivity contribution in [3.8, 4) is 0 Å². The first-order valence-electron chi connectivity index (χ1n) is 8.45. The third-order valence-corrected chi connectivity index (χ3v) is 3.29. The third kappa shape index (κ3) is 12.4. The van der Waals surface area contributed by atoms with Crippen LogP contribution in [-0.4, -0.2) is 51.3 Å². The Bertz CT molecular complexity index is 309. The zero-order chi connectivity index (χ0) is 16.6. The van der Waals surface area contributed by atoms with Crippen LogP contribution < -0.4 is 16.0 Å². The number of carbonyl (C=O) groups is 1. The van der Waals surface area contributed by atoms with E-state index in [-0.39, 0.29) is 11.9 Å². The molecule has 0 bridgehead atoms. The van der Waals surface area contributed by atoms with Gasteiger partial charge in [0.2, 0.25) is 5.91 Å². The van der Waals surface area contributed by atoms with Gasteiger partial charge < -0.3 is 20.7 Å². The lowest BCUT2D eigenvalue weighted by Crippen LogP contribution is -2.40. The largest absolute Gasteiger partial charge is 0.381 e. The van der Waals surface area contributed by atoms with Crippen LogP contribution in [0.5, 0.6) is 0 Å². The quantitative estimate of drug-likeness (QED) is 0.291. The van der Waals surface area contributed by atoms with E-state index in [0.717, 1.165) is 45.0 Å². The van der Waals surface area contributed by atoms with Gasteiger partial charge >= 0.3 is 0 Å². The molecule has 0 rings (SSSR count). The van der Waals surface area contributed by atoms with E-state index in [9.17, 15) is 4.79 Å². The molecule has 1 atom stereocenters. The van der Waals surface area contributed by atoms with Crippen LogP contribution in [0.15, 0.2) is 4.99 Å². The van der Waals surface area contributed by atoms with Gasteiger partial charge in [0.1, 0.15) is 0 Å². The van der Waals surface area contributed by atoms with Gasteiger partial charge in [0.05, 0.1) is 0 Å². The lowest BCUT2D eigenvalue weighted by molar-refractivity contribution is -0.121. The first-order valence-corrected chi connectivity index (χ1v) is 8.45. The van der Waals surface area contributed by atoms with Gasteiger partial charge in [-0.2, -0.15) is 0 Å². The molecule has 0 aromatic rings. The minimum absolute atomic E-state index is 0.0710. The van der Waals surface area contributed by atoms with Crippen molar-refractivity contribution in [2.45, 2.75) is 58.9 Å². The van der Waals surface area contributed by atoms with Crippen molar-refractivity contribution in [3.63, 3.8) is 0 Å². The molecule has 0 aliphatic carbocycles. The lowest BCUT2D eigenvalue weighted by atomic mass is 10.2. The number of nitrogens with zero attached hydrogens (tertiary/aromatic N) is 1. The highest BCUT2D eigenvalue weighted by molar-refractivity contribution is 5.81. The summed E-state index contributed by atoms with van der Waals surface area (Å²) in [7, 11) is 1.73. The van der Waals surface area contributed by atoms with Gasteiger partial charge in [0.25, 0.3) is 0 Å². The van der Waals surface area contributed by atoms with Crippen molar-refractivity contribution < 1.29 is 9.53 Å². The number of nitrogens with one attached hydrogen (secondary N) is 3. The molecule has 6 heteroatoms. The number of hydrogen-bond acceptors (Lipinski definition) is 3. The molecule has 3 N–H and O–H groups in total. The molecule has 0 saturated carbocycles. The van der Waals surface area contributed by atoms with E-state index in [2.05, 4.69) is 34.8 Å². The molecule has 0 heterocycles. The maximum Gasteiger partial charge on any atom is 0.221 e. The zero-order valence-electron chi connectivity index (χ0n) is 14.7. The van der Waals surface area contributed by atoms with Gasteiger partial charge in [-0.1, -0.05) is 20.3 Å². The third-order valence-electron chi connectivity index (χ3n) is 3.29. The summed E-state index contributed by atoms with van der Waals surface area (Å²) in [5.41, 5.74) is 0. The normalized spacial score (nSPS) is 12.8. The molecular formula is C16H34N4O2. The summed E-state index contributed by atoms with van der Waals surface area (Å²) in [6, 6.07) is 0.234. The Hall–Kier alpha value is -1.30. The van der Waals surface area contributed by atoms with Crippen LogP contribution >= 0.6 is 0 Å². The number of amides is 1. The van der Waals surface area contributed by atoms with Crippen LogP contribution in [0.1, 0.15) is 52.9 Å². The van der Waals surface area contributed by atoms with Crippen molar-refractivity contribution in [1.29, 1.82) is 0 Å². The van der Waals surface area contributed by atoms with Crippen molar-refractivity contribution in [2.75, 3.05) is 33.4 Å². The first kappa shape index (κ1) is 20.7. The van der Waals surface area contributed by atoms with E-state index in [0.29, 0.717) is 13.0 Å². The number of guanidine groups is 1. The summed E-state index contributed by atoms with van der Waals surface area (Å²) in [6.45, 7) is 9.22.